The average Bonchev–Trinajstić information content (AvgIpc) is 2.76. The molecule has 1 aliphatic heterocycles. The summed E-state index contributed by atoms with van der Waals surface area (Å²) in [5.41, 5.74) is 2.14. The van der Waals surface area contributed by atoms with Crippen LogP contribution in [0, 0.1) is 17.3 Å². The number of phenolic OH excluding ortho intramolecular Hbond substituents is 1. The smallest absolute Gasteiger partial charge is 0.225 e. The molecule has 0 spiro atoms. The molecule has 5 nitrogen and oxygen atoms in total. The summed E-state index contributed by atoms with van der Waals surface area (Å²) in [6.45, 7) is 10.6. The standard InChI is InChI=1S/C27H40N2O3/c1-6-15-28(5)24(31)18-10-12-19(13-11-18)25(32)29-16-14-27(4)21-8-7-9-22(30)20(21)17-23(29)26(27,2)3/h7-9,18-19,23,30H,6,10-17H2,1-5H3/t18-,19+,23-,27+/m1/s1. The molecule has 1 aromatic rings. The van der Waals surface area contributed by atoms with Crippen LogP contribution in [0.15, 0.2) is 18.2 Å². The number of aromatic hydroxyl groups is 1. The highest BCUT2D eigenvalue weighted by Gasteiger charge is 2.57. The summed E-state index contributed by atoms with van der Waals surface area (Å²) in [5, 5.41) is 10.6. The molecule has 1 N–H and O–H groups in total. The van der Waals surface area contributed by atoms with Crippen molar-refractivity contribution in [3.05, 3.63) is 29.3 Å². The van der Waals surface area contributed by atoms with E-state index >= 15 is 0 Å². The lowest BCUT2D eigenvalue weighted by atomic mass is 9.51. The summed E-state index contributed by atoms with van der Waals surface area (Å²) in [6.07, 6.45) is 5.83. The van der Waals surface area contributed by atoms with Gasteiger partial charge in [0, 0.05) is 43.4 Å². The Balaban J connectivity index is 1.50. The van der Waals surface area contributed by atoms with Gasteiger partial charge in [-0.25, -0.2) is 0 Å². The lowest BCUT2D eigenvalue weighted by Crippen LogP contribution is -2.65. The molecule has 2 atom stereocenters. The van der Waals surface area contributed by atoms with Crippen LogP contribution in [-0.2, 0) is 21.4 Å². The minimum absolute atomic E-state index is 0.0152. The van der Waals surface area contributed by atoms with Gasteiger partial charge in [0.05, 0.1) is 0 Å². The molecule has 176 valence electrons. The molecule has 0 unspecified atom stereocenters. The zero-order valence-corrected chi connectivity index (χ0v) is 20.5. The number of hydrogen-bond acceptors (Lipinski definition) is 3. The van der Waals surface area contributed by atoms with E-state index in [9.17, 15) is 14.7 Å². The summed E-state index contributed by atoms with van der Waals surface area (Å²) in [4.78, 5) is 30.4. The van der Waals surface area contributed by atoms with Gasteiger partial charge in [0.15, 0.2) is 0 Å². The first-order valence-electron chi connectivity index (χ1n) is 12.5. The molecule has 3 aliphatic rings. The minimum atomic E-state index is -0.0717. The molecule has 0 aromatic heterocycles. The molecular formula is C27H40N2O3. The molecule has 2 amide bonds. The second-order valence-electron chi connectivity index (χ2n) is 11.2. The topological polar surface area (TPSA) is 60.9 Å². The maximum Gasteiger partial charge on any atom is 0.225 e. The Kier molecular flexibility index (Phi) is 6.06. The Morgan fingerprint density at radius 2 is 1.78 bits per heavy atom. The predicted molar refractivity (Wildman–Crippen MR) is 126 cm³/mol. The van der Waals surface area contributed by atoms with Crippen molar-refractivity contribution in [1.29, 1.82) is 0 Å². The highest BCUT2D eigenvalue weighted by molar-refractivity contribution is 5.82. The van der Waals surface area contributed by atoms with Crippen molar-refractivity contribution in [2.45, 2.75) is 84.1 Å². The van der Waals surface area contributed by atoms with Crippen LogP contribution in [0.25, 0.3) is 0 Å². The zero-order valence-electron chi connectivity index (χ0n) is 20.5. The Labute approximate surface area is 193 Å². The summed E-state index contributed by atoms with van der Waals surface area (Å²) in [6, 6.07) is 5.98. The number of benzene rings is 1. The van der Waals surface area contributed by atoms with E-state index in [1.165, 1.54) is 5.56 Å². The third kappa shape index (κ3) is 3.52. The Hall–Kier alpha value is -2.04. The van der Waals surface area contributed by atoms with E-state index in [2.05, 4.69) is 38.7 Å². The van der Waals surface area contributed by atoms with E-state index in [4.69, 9.17) is 0 Å². The number of rotatable bonds is 4. The monoisotopic (exact) mass is 440 g/mol. The number of amides is 2. The number of fused-ring (bicyclic) bond motifs is 4. The number of hydrogen-bond donors (Lipinski definition) is 1. The number of likely N-dealkylation sites (tertiary alicyclic amines) is 1. The summed E-state index contributed by atoms with van der Waals surface area (Å²) in [7, 11) is 1.90. The van der Waals surface area contributed by atoms with Gasteiger partial charge in [0.1, 0.15) is 5.75 Å². The molecule has 1 saturated heterocycles. The van der Waals surface area contributed by atoms with Crippen molar-refractivity contribution in [1.82, 2.24) is 9.80 Å². The number of carbonyl (C=O) groups excluding carboxylic acids is 2. The second-order valence-corrected chi connectivity index (χ2v) is 11.2. The SMILES string of the molecule is CCCN(C)C(=O)[C@H]1CC[C@@H](C(=O)N2CC[C@@]3(C)c4cccc(O)c4C[C@@H]2C3(C)C)CC1. The fraction of sp³-hybridized carbons (Fsp3) is 0.704. The summed E-state index contributed by atoms with van der Waals surface area (Å²) >= 11 is 0. The van der Waals surface area contributed by atoms with Crippen molar-refractivity contribution in [2.24, 2.45) is 17.3 Å². The van der Waals surface area contributed by atoms with Crippen LogP contribution in [-0.4, -0.2) is 52.9 Å². The Bertz CT molecular complexity index is 887. The molecule has 32 heavy (non-hydrogen) atoms. The van der Waals surface area contributed by atoms with E-state index in [1.807, 2.05) is 18.0 Å². The van der Waals surface area contributed by atoms with Gasteiger partial charge in [0.25, 0.3) is 0 Å². The fourth-order valence-corrected chi connectivity index (χ4v) is 6.77. The lowest BCUT2D eigenvalue weighted by molar-refractivity contribution is -0.150. The van der Waals surface area contributed by atoms with Crippen molar-refractivity contribution in [2.75, 3.05) is 20.1 Å². The van der Waals surface area contributed by atoms with Crippen molar-refractivity contribution in [3.8, 4) is 5.75 Å². The van der Waals surface area contributed by atoms with E-state index < -0.39 is 0 Å². The van der Waals surface area contributed by atoms with E-state index in [-0.39, 0.29) is 40.5 Å². The molecule has 1 saturated carbocycles. The first-order valence-corrected chi connectivity index (χ1v) is 12.5. The fourth-order valence-electron chi connectivity index (χ4n) is 6.77. The third-order valence-electron chi connectivity index (χ3n) is 9.27. The second kappa shape index (κ2) is 8.39. The van der Waals surface area contributed by atoms with Gasteiger partial charge in [-0.1, -0.05) is 39.8 Å². The van der Waals surface area contributed by atoms with Crippen LogP contribution in [0.5, 0.6) is 5.75 Å². The summed E-state index contributed by atoms with van der Waals surface area (Å²) < 4.78 is 0. The third-order valence-corrected chi connectivity index (χ3v) is 9.27. The number of phenols is 1. The molecule has 0 radical (unpaired) electrons. The molecule has 5 heteroatoms. The molecule has 2 fully saturated rings. The first kappa shape index (κ1) is 23.1. The Morgan fingerprint density at radius 1 is 1.12 bits per heavy atom. The highest BCUT2D eigenvalue weighted by Crippen LogP contribution is 2.57. The van der Waals surface area contributed by atoms with Gasteiger partial charge in [-0.15, -0.1) is 0 Å². The van der Waals surface area contributed by atoms with Gasteiger partial charge >= 0.3 is 0 Å². The number of piperidine rings is 1. The lowest BCUT2D eigenvalue weighted by Gasteiger charge is -2.61. The van der Waals surface area contributed by atoms with Gasteiger partial charge in [0.2, 0.25) is 11.8 Å². The number of carbonyl (C=O) groups is 2. The minimum Gasteiger partial charge on any atom is -0.508 e. The summed E-state index contributed by atoms with van der Waals surface area (Å²) in [5.74, 6) is 0.944. The van der Waals surface area contributed by atoms with Gasteiger partial charge in [-0.2, -0.15) is 0 Å². The van der Waals surface area contributed by atoms with Crippen LogP contribution in [0.3, 0.4) is 0 Å². The van der Waals surface area contributed by atoms with E-state index in [0.29, 0.717) is 12.2 Å². The Morgan fingerprint density at radius 3 is 2.44 bits per heavy atom. The molecule has 2 aliphatic carbocycles. The van der Waals surface area contributed by atoms with E-state index in [1.54, 1.807) is 6.07 Å². The van der Waals surface area contributed by atoms with Crippen LogP contribution >= 0.6 is 0 Å². The first-order chi connectivity index (χ1) is 15.1. The van der Waals surface area contributed by atoms with Crippen LogP contribution in [0.1, 0.15) is 77.3 Å². The van der Waals surface area contributed by atoms with Crippen molar-refractivity contribution in [3.63, 3.8) is 0 Å². The van der Waals surface area contributed by atoms with Gasteiger partial charge in [-0.05, 0) is 67.6 Å². The highest BCUT2D eigenvalue weighted by atomic mass is 16.3. The number of nitrogens with zero attached hydrogens (tertiary/aromatic N) is 2. The molecular weight excluding hydrogens is 400 g/mol. The maximum atomic E-state index is 13.7. The van der Waals surface area contributed by atoms with Crippen LogP contribution in [0.4, 0.5) is 0 Å². The van der Waals surface area contributed by atoms with Crippen LogP contribution in [0.2, 0.25) is 0 Å². The molecule has 4 rings (SSSR count). The maximum absolute atomic E-state index is 13.7. The molecule has 1 heterocycles. The quantitative estimate of drug-likeness (QED) is 0.749. The van der Waals surface area contributed by atoms with Crippen LogP contribution < -0.4 is 0 Å². The average molecular weight is 441 g/mol. The van der Waals surface area contributed by atoms with Crippen molar-refractivity contribution >= 4 is 11.8 Å². The molecule has 2 bridgehead atoms. The normalized spacial score (nSPS) is 31.0. The van der Waals surface area contributed by atoms with E-state index in [0.717, 1.165) is 57.2 Å². The largest absolute Gasteiger partial charge is 0.508 e. The molecule has 1 aromatic carbocycles. The van der Waals surface area contributed by atoms with Gasteiger partial charge < -0.3 is 14.9 Å². The predicted octanol–water partition coefficient (Wildman–Crippen LogP) is 4.51. The van der Waals surface area contributed by atoms with Gasteiger partial charge in [-0.3, -0.25) is 9.59 Å². The van der Waals surface area contributed by atoms with Crippen molar-refractivity contribution < 1.29 is 14.7 Å². The zero-order chi connectivity index (χ0) is 23.3.